The van der Waals surface area contributed by atoms with Gasteiger partial charge in [-0.1, -0.05) is 18.9 Å². The van der Waals surface area contributed by atoms with Crippen LogP contribution in [0.5, 0.6) is 0 Å². The second kappa shape index (κ2) is 9.01. The molecule has 0 bridgehead atoms. The molecule has 2 N–H and O–H groups in total. The number of anilines is 1. The molecule has 2 fully saturated rings. The van der Waals surface area contributed by atoms with Crippen molar-refractivity contribution in [3.63, 3.8) is 0 Å². The van der Waals surface area contributed by atoms with Crippen LogP contribution in [0.1, 0.15) is 51.4 Å². The summed E-state index contributed by atoms with van der Waals surface area (Å²) in [5.41, 5.74) is 0.466. The van der Waals surface area contributed by atoms with E-state index in [2.05, 4.69) is 10.6 Å². The zero-order valence-corrected chi connectivity index (χ0v) is 15.2. The molecule has 1 saturated heterocycles. The Morgan fingerprint density at radius 1 is 1.15 bits per heavy atom. The molecule has 1 aromatic carbocycles. The molecular weight excluding hydrogens is 333 g/mol. The number of piperidine rings is 1. The normalized spacial score (nSPS) is 20.8. The number of carbonyl (C=O) groups is 2. The molecule has 3 rings (SSSR count). The fourth-order valence-electron chi connectivity index (χ4n) is 3.96. The second-order valence-corrected chi connectivity index (χ2v) is 7.48. The molecule has 1 aromatic rings. The zero-order chi connectivity index (χ0) is 18.4. The van der Waals surface area contributed by atoms with Gasteiger partial charge in [-0.2, -0.15) is 0 Å². The number of halogens is 1. The van der Waals surface area contributed by atoms with E-state index < -0.39 is 0 Å². The van der Waals surface area contributed by atoms with Gasteiger partial charge in [-0.3, -0.25) is 4.79 Å². The molecule has 26 heavy (non-hydrogen) atoms. The van der Waals surface area contributed by atoms with Crippen molar-refractivity contribution in [2.45, 2.75) is 57.4 Å². The molecule has 1 atom stereocenters. The molecule has 1 saturated carbocycles. The van der Waals surface area contributed by atoms with E-state index in [0.717, 1.165) is 32.1 Å². The van der Waals surface area contributed by atoms with E-state index in [1.807, 2.05) is 0 Å². The Labute approximate surface area is 154 Å². The summed E-state index contributed by atoms with van der Waals surface area (Å²) in [5.74, 6) is 0.113. The van der Waals surface area contributed by atoms with E-state index in [1.165, 1.54) is 25.0 Å². The van der Waals surface area contributed by atoms with Crippen LogP contribution in [0.4, 0.5) is 14.9 Å². The first kappa shape index (κ1) is 18.7. The van der Waals surface area contributed by atoms with Gasteiger partial charge in [-0.05, 0) is 56.2 Å². The van der Waals surface area contributed by atoms with Gasteiger partial charge in [0.1, 0.15) is 5.82 Å². The minimum absolute atomic E-state index is 0.137. The van der Waals surface area contributed by atoms with Crippen molar-refractivity contribution in [2.75, 3.05) is 18.4 Å². The molecule has 1 aliphatic heterocycles. The van der Waals surface area contributed by atoms with Crippen LogP contribution < -0.4 is 10.6 Å². The average Bonchev–Trinajstić information content (AvgIpc) is 3.13. The molecule has 0 unspecified atom stereocenters. The maximum atomic E-state index is 13.2. The second-order valence-electron chi connectivity index (χ2n) is 7.48. The Bertz CT molecular complexity index is 631. The molecule has 2 aliphatic rings. The smallest absolute Gasteiger partial charge is 0.321 e. The quantitative estimate of drug-likeness (QED) is 0.835. The van der Waals surface area contributed by atoms with Crippen LogP contribution in [0.15, 0.2) is 24.3 Å². The first-order valence-corrected chi connectivity index (χ1v) is 9.71. The Morgan fingerprint density at radius 2 is 1.96 bits per heavy atom. The molecule has 1 heterocycles. The van der Waals surface area contributed by atoms with Gasteiger partial charge < -0.3 is 15.5 Å². The lowest BCUT2D eigenvalue weighted by atomic mass is 9.93. The zero-order valence-electron chi connectivity index (χ0n) is 15.2. The van der Waals surface area contributed by atoms with E-state index in [1.54, 1.807) is 17.0 Å². The lowest BCUT2D eigenvalue weighted by Gasteiger charge is -2.32. The molecule has 0 radical (unpaired) electrons. The summed E-state index contributed by atoms with van der Waals surface area (Å²) in [4.78, 5) is 26.3. The van der Waals surface area contributed by atoms with Gasteiger partial charge in [-0.15, -0.1) is 0 Å². The van der Waals surface area contributed by atoms with Gasteiger partial charge in [0, 0.05) is 31.2 Å². The third-order valence-electron chi connectivity index (χ3n) is 5.38. The van der Waals surface area contributed by atoms with E-state index in [4.69, 9.17) is 0 Å². The van der Waals surface area contributed by atoms with Crippen molar-refractivity contribution < 1.29 is 14.0 Å². The van der Waals surface area contributed by atoms with Gasteiger partial charge >= 0.3 is 6.03 Å². The number of carbonyl (C=O) groups excluding carboxylic acids is 2. The molecule has 142 valence electrons. The van der Waals surface area contributed by atoms with Gasteiger partial charge in [0.05, 0.1) is 0 Å². The van der Waals surface area contributed by atoms with Gasteiger partial charge in [0.15, 0.2) is 0 Å². The fraction of sp³-hybridized carbons (Fsp3) is 0.600. The molecule has 1 aliphatic carbocycles. The lowest BCUT2D eigenvalue weighted by Crippen LogP contribution is -2.42. The Hall–Kier alpha value is -2.11. The van der Waals surface area contributed by atoms with Crippen molar-refractivity contribution >= 4 is 17.6 Å². The van der Waals surface area contributed by atoms with Crippen LogP contribution in [0.3, 0.4) is 0 Å². The highest BCUT2D eigenvalue weighted by Gasteiger charge is 2.25. The average molecular weight is 361 g/mol. The summed E-state index contributed by atoms with van der Waals surface area (Å²) in [5, 5.41) is 5.88. The molecular formula is C20H28FN3O2. The van der Waals surface area contributed by atoms with Crippen LogP contribution in [0.2, 0.25) is 0 Å². The number of nitrogens with zero attached hydrogens (tertiary/aromatic N) is 1. The van der Waals surface area contributed by atoms with E-state index in [-0.39, 0.29) is 17.8 Å². The first-order valence-electron chi connectivity index (χ1n) is 9.71. The van der Waals surface area contributed by atoms with E-state index >= 15 is 0 Å². The molecule has 3 amide bonds. The Kier molecular flexibility index (Phi) is 6.47. The maximum Gasteiger partial charge on any atom is 0.321 e. The van der Waals surface area contributed by atoms with Crippen LogP contribution in [-0.2, 0) is 4.79 Å². The predicted molar refractivity (Wildman–Crippen MR) is 99.3 cm³/mol. The molecule has 5 nitrogen and oxygen atoms in total. The van der Waals surface area contributed by atoms with Crippen molar-refractivity contribution in [2.24, 2.45) is 5.92 Å². The number of rotatable bonds is 5. The number of hydrogen-bond acceptors (Lipinski definition) is 2. The molecule has 6 heteroatoms. The first-order chi connectivity index (χ1) is 12.6. The Morgan fingerprint density at radius 3 is 2.73 bits per heavy atom. The maximum absolute atomic E-state index is 13.2. The van der Waals surface area contributed by atoms with Gasteiger partial charge in [0.25, 0.3) is 0 Å². The fourth-order valence-corrected chi connectivity index (χ4v) is 3.96. The number of benzene rings is 1. The summed E-state index contributed by atoms with van der Waals surface area (Å²) < 4.78 is 13.2. The third-order valence-corrected chi connectivity index (χ3v) is 5.38. The number of urea groups is 1. The van der Waals surface area contributed by atoms with Gasteiger partial charge in [0.2, 0.25) is 5.91 Å². The highest BCUT2D eigenvalue weighted by atomic mass is 19.1. The van der Waals surface area contributed by atoms with Crippen LogP contribution in [0, 0.1) is 11.7 Å². The van der Waals surface area contributed by atoms with Crippen molar-refractivity contribution in [3.8, 4) is 0 Å². The predicted octanol–water partition coefficient (Wildman–Crippen LogP) is 3.91. The third kappa shape index (κ3) is 5.44. The highest BCUT2D eigenvalue weighted by molar-refractivity contribution is 5.89. The number of nitrogens with one attached hydrogen (secondary N) is 2. The van der Waals surface area contributed by atoms with Crippen LogP contribution in [0.25, 0.3) is 0 Å². The topological polar surface area (TPSA) is 61.4 Å². The monoisotopic (exact) mass is 361 g/mol. The summed E-state index contributed by atoms with van der Waals surface area (Å²) in [6, 6.07) is 6.08. The Balaban J connectivity index is 1.43. The standard InChI is InChI=1S/C20H28FN3O2/c21-16-6-3-9-18(13-16)23-20(26)24-12-4-5-15(14-24)10-11-19(25)22-17-7-1-2-8-17/h3,6,9,13,15,17H,1-2,4-5,7-8,10-12,14H2,(H,22,25)(H,23,26)/t15-/m1/s1. The van der Waals surface area contributed by atoms with Crippen molar-refractivity contribution in [3.05, 3.63) is 30.1 Å². The minimum atomic E-state index is -0.368. The van der Waals surface area contributed by atoms with Crippen molar-refractivity contribution in [1.82, 2.24) is 10.2 Å². The summed E-state index contributed by atoms with van der Waals surface area (Å²) >= 11 is 0. The lowest BCUT2D eigenvalue weighted by molar-refractivity contribution is -0.122. The summed E-state index contributed by atoms with van der Waals surface area (Å²) in [7, 11) is 0. The van der Waals surface area contributed by atoms with Gasteiger partial charge in [-0.25, -0.2) is 9.18 Å². The van der Waals surface area contributed by atoms with Crippen LogP contribution >= 0.6 is 0 Å². The summed E-state index contributed by atoms with van der Waals surface area (Å²) in [6.45, 7) is 1.35. The molecule has 0 aromatic heterocycles. The SMILES string of the molecule is O=C(CC[C@H]1CCCN(C(=O)Nc2cccc(F)c2)C1)NC1CCCC1. The largest absolute Gasteiger partial charge is 0.353 e. The van der Waals surface area contributed by atoms with E-state index in [0.29, 0.717) is 37.2 Å². The number of amides is 3. The van der Waals surface area contributed by atoms with E-state index in [9.17, 15) is 14.0 Å². The van der Waals surface area contributed by atoms with Crippen molar-refractivity contribution in [1.29, 1.82) is 0 Å². The minimum Gasteiger partial charge on any atom is -0.353 e. The number of likely N-dealkylation sites (tertiary alicyclic amines) is 1. The molecule has 0 spiro atoms. The summed E-state index contributed by atoms with van der Waals surface area (Å²) in [6.07, 6.45) is 7.94. The highest BCUT2D eigenvalue weighted by Crippen LogP contribution is 2.23. The number of hydrogen-bond donors (Lipinski definition) is 2. The van der Waals surface area contributed by atoms with Crippen LogP contribution in [-0.4, -0.2) is 36.0 Å².